The van der Waals surface area contributed by atoms with Gasteiger partial charge < -0.3 is 10.0 Å². The van der Waals surface area contributed by atoms with E-state index in [1.165, 1.54) is 0 Å². The average Bonchev–Trinajstić information content (AvgIpc) is 3.10. The largest absolute Gasteiger partial charge is 0.477 e. The van der Waals surface area contributed by atoms with E-state index < -0.39 is 34.4 Å². The van der Waals surface area contributed by atoms with Gasteiger partial charge in [0.1, 0.15) is 17.2 Å². The fourth-order valence-corrected chi connectivity index (χ4v) is 4.11. The molecule has 1 aliphatic heterocycles. The Morgan fingerprint density at radius 2 is 1.83 bits per heavy atom. The van der Waals surface area contributed by atoms with Gasteiger partial charge in [-0.05, 0) is 18.2 Å². The summed E-state index contributed by atoms with van der Waals surface area (Å²) in [6.07, 6.45) is 0.918. The third-order valence-electron chi connectivity index (χ3n) is 5.78. The van der Waals surface area contributed by atoms with E-state index in [1.807, 2.05) is 0 Å². The van der Waals surface area contributed by atoms with Gasteiger partial charge in [0.15, 0.2) is 17.3 Å². The lowest BCUT2D eigenvalue weighted by atomic mass is 10.1. The number of fused-ring (bicyclic) bond motifs is 2. The summed E-state index contributed by atoms with van der Waals surface area (Å²) in [5, 5.41) is 9.06. The molecule has 1 aromatic carbocycles. The number of aromatic nitrogens is 2. The number of aromatic carboxylic acids is 1. The fourth-order valence-electron chi connectivity index (χ4n) is 4.11. The predicted octanol–water partition coefficient (Wildman–Crippen LogP) is 3.12. The Labute approximate surface area is 167 Å². The number of carboxylic acid groups (broad SMARTS) is 1. The molecule has 1 N–H and O–H groups in total. The molecule has 9 heteroatoms. The van der Waals surface area contributed by atoms with Gasteiger partial charge in [0.05, 0.1) is 11.1 Å². The number of hydrogen-bond acceptors (Lipinski definition) is 4. The molecule has 2 aliphatic rings. The second-order valence-corrected chi connectivity index (χ2v) is 7.50. The lowest BCUT2D eigenvalue weighted by Gasteiger charge is -2.21. The Morgan fingerprint density at radius 1 is 1.13 bits per heavy atom. The lowest BCUT2D eigenvalue weighted by molar-refractivity contribution is 0.0695. The van der Waals surface area contributed by atoms with E-state index in [0.717, 1.165) is 34.5 Å². The van der Waals surface area contributed by atoms with Crippen LogP contribution in [0.1, 0.15) is 10.4 Å². The average molecular weight is 413 g/mol. The Morgan fingerprint density at radius 3 is 2.47 bits per heavy atom. The standard InChI is InChI=1S/C21H14F3N3O3/c1-9-12-6-26(7-13(9)12)20-16(24)5-11-18(28)14(21(29)30)8-27(19(11)25-20)17-3-2-10(22)4-15(17)23/h2-5,8,12-13H,1,6-7H2,(H,29,30). The number of pyridine rings is 2. The fraction of sp³-hybridized carbons (Fsp3) is 0.190. The van der Waals surface area contributed by atoms with E-state index in [4.69, 9.17) is 0 Å². The molecule has 3 aromatic rings. The highest BCUT2D eigenvalue weighted by Crippen LogP contribution is 2.50. The van der Waals surface area contributed by atoms with E-state index in [-0.39, 0.29) is 34.4 Å². The van der Waals surface area contributed by atoms with Crippen LogP contribution in [0.2, 0.25) is 0 Å². The van der Waals surface area contributed by atoms with Crippen molar-refractivity contribution in [2.75, 3.05) is 18.0 Å². The maximum atomic E-state index is 14.8. The highest BCUT2D eigenvalue weighted by atomic mass is 19.1. The van der Waals surface area contributed by atoms with E-state index in [0.29, 0.717) is 19.2 Å². The number of hydrogen-bond donors (Lipinski definition) is 1. The minimum atomic E-state index is -1.55. The second kappa shape index (κ2) is 6.19. The van der Waals surface area contributed by atoms with Crippen LogP contribution in [0, 0.1) is 29.3 Å². The molecule has 0 bridgehead atoms. The first-order chi connectivity index (χ1) is 14.3. The van der Waals surface area contributed by atoms with Crippen molar-refractivity contribution in [3.05, 3.63) is 75.9 Å². The van der Waals surface area contributed by atoms with E-state index in [9.17, 15) is 27.9 Å². The summed E-state index contributed by atoms with van der Waals surface area (Å²) >= 11 is 0. The molecule has 0 radical (unpaired) electrons. The molecular formula is C21H14F3N3O3. The highest BCUT2D eigenvalue weighted by Gasteiger charge is 2.50. The van der Waals surface area contributed by atoms with E-state index in [2.05, 4.69) is 11.6 Å². The monoisotopic (exact) mass is 413 g/mol. The summed E-state index contributed by atoms with van der Waals surface area (Å²) in [6, 6.07) is 3.64. The van der Waals surface area contributed by atoms with Crippen molar-refractivity contribution in [1.29, 1.82) is 0 Å². The van der Waals surface area contributed by atoms with Crippen molar-refractivity contribution < 1.29 is 23.1 Å². The van der Waals surface area contributed by atoms with Crippen LogP contribution in [0.25, 0.3) is 16.7 Å². The molecule has 3 heterocycles. The van der Waals surface area contributed by atoms with Crippen LogP contribution < -0.4 is 10.3 Å². The van der Waals surface area contributed by atoms with E-state index in [1.54, 1.807) is 4.90 Å². The van der Waals surface area contributed by atoms with Crippen LogP contribution in [0.3, 0.4) is 0 Å². The van der Waals surface area contributed by atoms with Gasteiger partial charge in [-0.15, -0.1) is 0 Å². The zero-order chi connectivity index (χ0) is 21.3. The van der Waals surface area contributed by atoms with Crippen LogP contribution in [0.4, 0.5) is 19.0 Å². The maximum Gasteiger partial charge on any atom is 0.341 e. The SMILES string of the molecule is C=C1C2CN(c3nc4c(cc3F)c(=O)c(C(=O)O)cn4-c3ccc(F)cc3F)CC12. The molecule has 1 aliphatic carbocycles. The molecule has 2 fully saturated rings. The van der Waals surface area contributed by atoms with Crippen LogP contribution in [-0.4, -0.2) is 33.7 Å². The molecule has 2 atom stereocenters. The molecule has 1 saturated carbocycles. The molecule has 5 rings (SSSR count). The zero-order valence-electron chi connectivity index (χ0n) is 15.4. The van der Waals surface area contributed by atoms with Crippen molar-refractivity contribution in [3.8, 4) is 5.69 Å². The number of carbonyl (C=O) groups is 1. The Balaban J connectivity index is 1.77. The first kappa shape index (κ1) is 18.4. The lowest BCUT2D eigenvalue weighted by Crippen LogP contribution is -2.26. The molecule has 0 spiro atoms. The number of halogens is 3. The summed E-state index contributed by atoms with van der Waals surface area (Å²) in [6.45, 7) is 5.00. The molecule has 152 valence electrons. The minimum Gasteiger partial charge on any atom is -0.477 e. The van der Waals surface area contributed by atoms with Crippen LogP contribution >= 0.6 is 0 Å². The minimum absolute atomic E-state index is 0.0127. The van der Waals surface area contributed by atoms with Crippen molar-refractivity contribution in [2.45, 2.75) is 0 Å². The summed E-state index contributed by atoms with van der Waals surface area (Å²) in [4.78, 5) is 30.1. The summed E-state index contributed by atoms with van der Waals surface area (Å²) in [5.74, 6) is -3.61. The van der Waals surface area contributed by atoms with Crippen LogP contribution in [0.15, 0.2) is 47.4 Å². The third kappa shape index (κ3) is 2.62. The molecule has 1 saturated heterocycles. The first-order valence-corrected chi connectivity index (χ1v) is 9.14. The highest BCUT2D eigenvalue weighted by molar-refractivity contribution is 5.92. The molecule has 2 unspecified atom stereocenters. The summed E-state index contributed by atoms with van der Waals surface area (Å²) < 4.78 is 43.7. The van der Waals surface area contributed by atoms with Gasteiger partial charge in [-0.3, -0.25) is 9.36 Å². The molecular weight excluding hydrogens is 399 g/mol. The summed E-state index contributed by atoms with van der Waals surface area (Å²) in [5.41, 5.74) is -0.840. The molecule has 2 aromatic heterocycles. The van der Waals surface area contributed by atoms with Gasteiger partial charge in [-0.2, -0.15) is 0 Å². The quantitative estimate of drug-likeness (QED) is 0.668. The van der Waals surface area contributed by atoms with Gasteiger partial charge in [-0.25, -0.2) is 22.9 Å². The first-order valence-electron chi connectivity index (χ1n) is 9.14. The van der Waals surface area contributed by atoms with Crippen molar-refractivity contribution in [1.82, 2.24) is 9.55 Å². The number of anilines is 1. The molecule has 30 heavy (non-hydrogen) atoms. The molecule has 0 amide bonds. The van der Waals surface area contributed by atoms with Crippen LogP contribution in [-0.2, 0) is 0 Å². The number of piperidine rings is 1. The Bertz CT molecular complexity index is 1320. The van der Waals surface area contributed by atoms with Gasteiger partial charge in [0, 0.05) is 37.2 Å². The number of nitrogens with zero attached hydrogens (tertiary/aromatic N) is 3. The van der Waals surface area contributed by atoms with Crippen molar-refractivity contribution in [3.63, 3.8) is 0 Å². The maximum absolute atomic E-state index is 14.8. The van der Waals surface area contributed by atoms with Gasteiger partial charge in [0.25, 0.3) is 0 Å². The summed E-state index contributed by atoms with van der Waals surface area (Å²) in [7, 11) is 0. The zero-order valence-corrected chi connectivity index (χ0v) is 15.4. The second-order valence-electron chi connectivity index (χ2n) is 7.50. The van der Waals surface area contributed by atoms with Gasteiger partial charge in [-0.1, -0.05) is 12.2 Å². The molecule has 6 nitrogen and oxygen atoms in total. The normalized spacial score (nSPS) is 20.0. The van der Waals surface area contributed by atoms with Gasteiger partial charge >= 0.3 is 5.97 Å². The Hall–Kier alpha value is -3.62. The predicted molar refractivity (Wildman–Crippen MR) is 103 cm³/mol. The number of carboxylic acids is 1. The topological polar surface area (TPSA) is 75.4 Å². The van der Waals surface area contributed by atoms with Gasteiger partial charge in [0.2, 0.25) is 5.43 Å². The third-order valence-corrected chi connectivity index (χ3v) is 5.78. The van der Waals surface area contributed by atoms with Crippen molar-refractivity contribution >= 4 is 22.8 Å². The smallest absolute Gasteiger partial charge is 0.341 e. The van der Waals surface area contributed by atoms with Crippen LogP contribution in [0.5, 0.6) is 0 Å². The van der Waals surface area contributed by atoms with E-state index >= 15 is 0 Å². The van der Waals surface area contributed by atoms with Crippen molar-refractivity contribution in [2.24, 2.45) is 11.8 Å². The number of rotatable bonds is 3. The number of benzene rings is 1. The Kier molecular flexibility index (Phi) is 3.80.